The van der Waals surface area contributed by atoms with E-state index in [2.05, 4.69) is 20.6 Å². The average molecular weight is 332 g/mol. The van der Waals surface area contributed by atoms with Gasteiger partial charge in [-0.2, -0.15) is 0 Å². The molecule has 2 N–H and O–H groups in total. The van der Waals surface area contributed by atoms with Gasteiger partial charge in [-0.15, -0.1) is 5.10 Å². The Bertz CT molecular complexity index is 680. The summed E-state index contributed by atoms with van der Waals surface area (Å²) in [4.78, 5) is 16.6. The number of amides is 1. The summed E-state index contributed by atoms with van der Waals surface area (Å²) >= 11 is 0. The summed E-state index contributed by atoms with van der Waals surface area (Å²) in [6, 6.07) is 0.130. The zero-order valence-corrected chi connectivity index (χ0v) is 13.9. The van der Waals surface area contributed by atoms with E-state index in [4.69, 9.17) is 5.11 Å². The fourth-order valence-corrected chi connectivity index (χ4v) is 3.35. The second kappa shape index (κ2) is 7.57. The smallest absolute Gasteiger partial charge is 0.287 e. The van der Waals surface area contributed by atoms with Crippen LogP contribution < -0.4 is 5.32 Å². The first kappa shape index (κ1) is 16.6. The van der Waals surface area contributed by atoms with Crippen molar-refractivity contribution in [1.82, 2.24) is 29.9 Å². The van der Waals surface area contributed by atoms with Crippen molar-refractivity contribution < 1.29 is 9.90 Å². The molecular weight excluding hydrogens is 308 g/mol. The minimum atomic E-state index is -0.113. The van der Waals surface area contributed by atoms with Crippen molar-refractivity contribution in [1.29, 1.82) is 0 Å². The fourth-order valence-electron chi connectivity index (χ4n) is 3.35. The van der Waals surface area contributed by atoms with Gasteiger partial charge in [0.15, 0.2) is 5.82 Å². The van der Waals surface area contributed by atoms with E-state index < -0.39 is 0 Å². The number of hydrogen-bond acceptors (Lipinski definition) is 5. The van der Waals surface area contributed by atoms with E-state index >= 15 is 0 Å². The summed E-state index contributed by atoms with van der Waals surface area (Å²) in [5.41, 5.74) is 0.793. The molecule has 0 spiro atoms. The Kier molecular flexibility index (Phi) is 5.24. The van der Waals surface area contributed by atoms with E-state index in [-0.39, 0.29) is 18.6 Å². The molecule has 0 saturated heterocycles. The normalized spacial score (nSPS) is 20.4. The summed E-state index contributed by atoms with van der Waals surface area (Å²) in [5.74, 6) is 0.690. The molecule has 1 amide bonds. The third kappa shape index (κ3) is 3.64. The summed E-state index contributed by atoms with van der Waals surface area (Å²) in [6.07, 6.45) is 8.99. The zero-order valence-electron chi connectivity index (χ0n) is 13.9. The molecule has 0 radical (unpaired) electrons. The van der Waals surface area contributed by atoms with Crippen LogP contribution in [0, 0.1) is 5.92 Å². The zero-order chi connectivity index (χ0) is 16.9. The Morgan fingerprint density at radius 1 is 1.46 bits per heavy atom. The van der Waals surface area contributed by atoms with Crippen LogP contribution >= 0.6 is 0 Å². The van der Waals surface area contributed by atoms with Crippen molar-refractivity contribution >= 4 is 5.91 Å². The number of aryl methyl sites for hydroxylation is 1. The molecule has 1 fully saturated rings. The molecule has 2 aromatic rings. The molecule has 1 saturated carbocycles. The van der Waals surface area contributed by atoms with Crippen molar-refractivity contribution in [2.24, 2.45) is 5.92 Å². The van der Waals surface area contributed by atoms with Crippen LogP contribution in [-0.4, -0.2) is 48.2 Å². The molecule has 24 heavy (non-hydrogen) atoms. The van der Waals surface area contributed by atoms with Gasteiger partial charge >= 0.3 is 0 Å². The molecule has 2 aromatic heterocycles. The molecule has 3 rings (SSSR count). The molecule has 8 nitrogen and oxygen atoms in total. The van der Waals surface area contributed by atoms with Gasteiger partial charge in [-0.05, 0) is 25.7 Å². The number of rotatable bonds is 7. The number of aliphatic hydroxyl groups is 1. The van der Waals surface area contributed by atoms with Crippen molar-refractivity contribution in [3.05, 3.63) is 30.1 Å². The van der Waals surface area contributed by atoms with Crippen LogP contribution in [0.2, 0.25) is 0 Å². The van der Waals surface area contributed by atoms with Gasteiger partial charge in [-0.1, -0.05) is 11.6 Å². The maximum atomic E-state index is 12.5. The van der Waals surface area contributed by atoms with Crippen LogP contribution in [0.25, 0.3) is 0 Å². The standard InChI is InChI=1S/C16H24N6O2/c1-2-21-8-7-17-15(21)16(24)18-14-5-3-4-12(14)10-22-11-13(6-9-23)19-20-22/h7-8,11-12,14,23H,2-6,9-10H2,1H3,(H,18,24)/t12-,14-/m1/s1. The summed E-state index contributed by atoms with van der Waals surface area (Å²) in [7, 11) is 0. The van der Waals surface area contributed by atoms with Crippen molar-refractivity contribution in [3.8, 4) is 0 Å². The molecule has 2 atom stereocenters. The maximum Gasteiger partial charge on any atom is 0.287 e. The maximum absolute atomic E-state index is 12.5. The van der Waals surface area contributed by atoms with Crippen molar-refractivity contribution in [3.63, 3.8) is 0 Å². The Morgan fingerprint density at radius 3 is 3.12 bits per heavy atom. The van der Waals surface area contributed by atoms with E-state index in [0.717, 1.165) is 38.0 Å². The number of nitrogens with zero attached hydrogens (tertiary/aromatic N) is 5. The lowest BCUT2D eigenvalue weighted by Gasteiger charge is -2.20. The van der Waals surface area contributed by atoms with Crippen molar-refractivity contribution in [2.75, 3.05) is 6.61 Å². The molecule has 0 aromatic carbocycles. The lowest BCUT2D eigenvalue weighted by atomic mass is 10.0. The third-order valence-corrected chi connectivity index (χ3v) is 4.61. The van der Waals surface area contributed by atoms with Crippen LogP contribution in [0.4, 0.5) is 0 Å². The molecule has 1 aliphatic rings. The van der Waals surface area contributed by atoms with Gasteiger partial charge in [0, 0.05) is 50.7 Å². The van der Waals surface area contributed by atoms with Crippen LogP contribution in [0.3, 0.4) is 0 Å². The van der Waals surface area contributed by atoms with Gasteiger partial charge < -0.3 is 15.0 Å². The molecule has 0 aliphatic heterocycles. The highest BCUT2D eigenvalue weighted by Gasteiger charge is 2.30. The molecule has 0 bridgehead atoms. The second-order valence-corrected chi connectivity index (χ2v) is 6.21. The third-order valence-electron chi connectivity index (χ3n) is 4.61. The number of carbonyl (C=O) groups excluding carboxylic acids is 1. The highest BCUT2D eigenvalue weighted by molar-refractivity contribution is 5.91. The highest BCUT2D eigenvalue weighted by Crippen LogP contribution is 2.27. The average Bonchev–Trinajstić information content (AvgIpc) is 3.30. The summed E-state index contributed by atoms with van der Waals surface area (Å²) in [6.45, 7) is 3.52. The van der Waals surface area contributed by atoms with Gasteiger partial charge in [0.2, 0.25) is 0 Å². The quantitative estimate of drug-likeness (QED) is 0.775. The number of imidazole rings is 1. The Morgan fingerprint density at radius 2 is 2.33 bits per heavy atom. The first-order chi connectivity index (χ1) is 11.7. The van der Waals surface area contributed by atoms with Crippen LogP contribution in [-0.2, 0) is 19.5 Å². The number of hydrogen-bond donors (Lipinski definition) is 2. The van der Waals surface area contributed by atoms with Gasteiger partial charge in [0.1, 0.15) is 0 Å². The largest absolute Gasteiger partial charge is 0.396 e. The molecule has 0 unspecified atom stereocenters. The fraction of sp³-hybridized carbons (Fsp3) is 0.625. The molecule has 130 valence electrons. The van der Waals surface area contributed by atoms with E-state index in [1.54, 1.807) is 6.20 Å². The monoisotopic (exact) mass is 332 g/mol. The number of aliphatic hydroxyl groups excluding tert-OH is 1. The van der Waals surface area contributed by atoms with Crippen LogP contribution in [0.1, 0.15) is 42.5 Å². The van der Waals surface area contributed by atoms with E-state index in [9.17, 15) is 4.79 Å². The van der Waals surface area contributed by atoms with Gasteiger partial charge in [-0.3, -0.25) is 9.48 Å². The summed E-state index contributed by atoms with van der Waals surface area (Å²) < 4.78 is 3.66. The van der Waals surface area contributed by atoms with E-state index in [1.165, 1.54) is 0 Å². The van der Waals surface area contributed by atoms with Gasteiger partial charge in [-0.25, -0.2) is 4.98 Å². The molecular formula is C16H24N6O2. The van der Waals surface area contributed by atoms with E-state index in [0.29, 0.717) is 18.2 Å². The second-order valence-electron chi connectivity index (χ2n) is 6.21. The number of nitrogens with one attached hydrogen (secondary N) is 1. The van der Waals surface area contributed by atoms with Gasteiger partial charge in [0.05, 0.1) is 5.69 Å². The lowest BCUT2D eigenvalue weighted by molar-refractivity contribution is 0.0910. The van der Waals surface area contributed by atoms with Crippen molar-refractivity contribution in [2.45, 2.75) is 51.7 Å². The number of aromatic nitrogens is 5. The predicted molar refractivity (Wildman–Crippen MR) is 87.3 cm³/mol. The summed E-state index contributed by atoms with van der Waals surface area (Å²) in [5, 5.41) is 20.3. The van der Waals surface area contributed by atoms with E-state index in [1.807, 2.05) is 28.6 Å². The lowest BCUT2D eigenvalue weighted by Crippen LogP contribution is -2.40. The SMILES string of the molecule is CCn1ccnc1C(=O)N[C@@H]1CCC[C@@H]1Cn1cc(CCO)nn1. The Labute approximate surface area is 140 Å². The topological polar surface area (TPSA) is 97.9 Å². The Balaban J connectivity index is 1.61. The first-order valence-electron chi connectivity index (χ1n) is 8.53. The van der Waals surface area contributed by atoms with Gasteiger partial charge in [0.25, 0.3) is 5.91 Å². The predicted octanol–water partition coefficient (Wildman–Crippen LogP) is 0.628. The number of carbonyl (C=O) groups is 1. The molecule has 8 heteroatoms. The Hall–Kier alpha value is -2.22. The molecule has 1 aliphatic carbocycles. The first-order valence-corrected chi connectivity index (χ1v) is 8.53. The molecule has 2 heterocycles. The minimum absolute atomic E-state index is 0.0743. The highest BCUT2D eigenvalue weighted by atomic mass is 16.3. The van der Waals surface area contributed by atoms with Crippen LogP contribution in [0.5, 0.6) is 0 Å². The minimum Gasteiger partial charge on any atom is -0.396 e. The van der Waals surface area contributed by atoms with Crippen LogP contribution in [0.15, 0.2) is 18.6 Å².